The van der Waals surface area contributed by atoms with Gasteiger partial charge in [-0.2, -0.15) is 0 Å². The third kappa shape index (κ3) is 5.32. The van der Waals surface area contributed by atoms with Gasteiger partial charge in [0.2, 0.25) is 0 Å². The summed E-state index contributed by atoms with van der Waals surface area (Å²) < 4.78 is 4.79. The van der Waals surface area contributed by atoms with Gasteiger partial charge in [-0.05, 0) is 70.8 Å². The quantitative estimate of drug-likeness (QED) is 0.169. The summed E-state index contributed by atoms with van der Waals surface area (Å²) in [5, 5.41) is 7.60. The lowest BCUT2D eigenvalue weighted by Gasteiger charge is -2.12. The summed E-state index contributed by atoms with van der Waals surface area (Å²) in [6, 6.07) is 75.7. The second-order valence-electron chi connectivity index (χ2n) is 16.0. The van der Waals surface area contributed by atoms with Crippen molar-refractivity contribution in [3.63, 3.8) is 0 Å². The van der Waals surface area contributed by atoms with Crippen molar-refractivity contribution < 1.29 is 0 Å². The fourth-order valence-electron chi connectivity index (χ4n) is 9.62. The molecule has 0 spiro atoms. The van der Waals surface area contributed by atoms with E-state index >= 15 is 0 Å². The summed E-state index contributed by atoms with van der Waals surface area (Å²) in [7, 11) is 0. The van der Waals surface area contributed by atoms with Gasteiger partial charge >= 0.3 is 0 Å². The molecule has 5 nitrogen and oxygen atoms in total. The highest BCUT2D eigenvalue weighted by molar-refractivity contribution is 6.23. The van der Waals surface area contributed by atoms with E-state index in [9.17, 15) is 0 Å². The number of nitrogens with zero attached hydrogens (tertiary/aromatic N) is 5. The van der Waals surface area contributed by atoms with E-state index in [2.05, 4.69) is 161 Å². The molecule has 0 amide bonds. The number of para-hydroxylation sites is 3. The van der Waals surface area contributed by atoms with Gasteiger partial charge in [0, 0.05) is 54.7 Å². The van der Waals surface area contributed by atoms with Crippen molar-refractivity contribution in [2.45, 2.75) is 0 Å². The first-order chi connectivity index (χ1) is 30.7. The van der Waals surface area contributed by atoms with Gasteiger partial charge in [0.1, 0.15) is 0 Å². The molecule has 0 aliphatic heterocycles. The molecule has 0 saturated carbocycles. The molecule has 288 valence electrons. The number of hydrogen-bond acceptors (Lipinski definition) is 3. The molecule has 0 aliphatic carbocycles. The molecule has 0 unspecified atom stereocenters. The minimum absolute atomic E-state index is 0.631. The second-order valence-corrected chi connectivity index (χ2v) is 16.0. The van der Waals surface area contributed by atoms with Crippen LogP contribution in [0.25, 0.3) is 122 Å². The van der Waals surface area contributed by atoms with E-state index in [1.807, 2.05) is 60.7 Å². The zero-order valence-electron chi connectivity index (χ0n) is 33.4. The van der Waals surface area contributed by atoms with E-state index in [4.69, 9.17) is 15.0 Å². The van der Waals surface area contributed by atoms with E-state index in [0.29, 0.717) is 17.5 Å². The van der Waals surface area contributed by atoms with Crippen LogP contribution in [0.2, 0.25) is 0 Å². The molecule has 0 N–H and O–H groups in total. The maximum Gasteiger partial charge on any atom is 0.164 e. The summed E-state index contributed by atoms with van der Waals surface area (Å²) in [6.45, 7) is 0. The summed E-state index contributed by atoms with van der Waals surface area (Å²) in [5.41, 5.74) is 14.7. The SMILES string of the molecule is c1ccc(-c2nc(-c3ccccc3)nc(-c3cccc(-n4c5ccccc5c5cc(-c6ccc(-c7ccc8c(c7)c7cccc9c%10ccccc%10n8c97)cc6)ccc54)c3)n2)cc1. The van der Waals surface area contributed by atoms with Crippen LogP contribution in [0.3, 0.4) is 0 Å². The van der Waals surface area contributed by atoms with Crippen molar-refractivity contribution in [1.82, 2.24) is 23.9 Å². The third-order valence-electron chi connectivity index (χ3n) is 12.5. The molecular formula is C57H35N5. The molecule has 62 heavy (non-hydrogen) atoms. The van der Waals surface area contributed by atoms with Crippen LogP contribution in [0.15, 0.2) is 212 Å². The van der Waals surface area contributed by atoms with Crippen LogP contribution in [0.5, 0.6) is 0 Å². The Labute approximate surface area is 356 Å². The zero-order valence-corrected chi connectivity index (χ0v) is 33.4. The fourth-order valence-corrected chi connectivity index (χ4v) is 9.62. The average molecular weight is 790 g/mol. The number of benzene rings is 9. The summed E-state index contributed by atoms with van der Waals surface area (Å²) >= 11 is 0. The van der Waals surface area contributed by atoms with E-state index in [0.717, 1.165) is 33.4 Å². The minimum atomic E-state index is 0.631. The molecule has 4 heterocycles. The maximum absolute atomic E-state index is 5.02. The van der Waals surface area contributed by atoms with Gasteiger partial charge in [-0.1, -0.05) is 164 Å². The van der Waals surface area contributed by atoms with Crippen molar-refractivity contribution in [2.24, 2.45) is 0 Å². The fraction of sp³-hybridized carbons (Fsp3) is 0. The van der Waals surface area contributed by atoms with Crippen molar-refractivity contribution >= 4 is 59.9 Å². The molecule has 0 saturated heterocycles. The molecule has 0 atom stereocenters. The topological polar surface area (TPSA) is 48.0 Å². The Morgan fingerprint density at radius 2 is 0.677 bits per heavy atom. The van der Waals surface area contributed by atoms with Crippen molar-refractivity contribution in [1.29, 1.82) is 0 Å². The Morgan fingerprint density at radius 1 is 0.258 bits per heavy atom. The molecule has 5 heteroatoms. The third-order valence-corrected chi connectivity index (χ3v) is 12.5. The molecule has 13 aromatic rings. The Bertz CT molecular complexity index is 3790. The molecule has 0 radical (unpaired) electrons. The average Bonchev–Trinajstić information content (AvgIpc) is 3.99. The first-order valence-corrected chi connectivity index (χ1v) is 21.0. The Kier molecular flexibility index (Phi) is 7.54. The summed E-state index contributed by atoms with van der Waals surface area (Å²) in [5.74, 6) is 1.92. The van der Waals surface area contributed by atoms with E-state index < -0.39 is 0 Å². The number of aromatic nitrogens is 5. The van der Waals surface area contributed by atoms with Gasteiger partial charge in [-0.25, -0.2) is 15.0 Å². The van der Waals surface area contributed by atoms with Crippen LogP contribution < -0.4 is 0 Å². The number of fused-ring (bicyclic) bond motifs is 9. The van der Waals surface area contributed by atoms with Crippen LogP contribution >= 0.6 is 0 Å². The highest BCUT2D eigenvalue weighted by atomic mass is 15.0. The van der Waals surface area contributed by atoms with Crippen LogP contribution in [-0.4, -0.2) is 23.9 Å². The van der Waals surface area contributed by atoms with Crippen molar-refractivity contribution in [3.8, 4) is 62.1 Å². The van der Waals surface area contributed by atoms with Crippen LogP contribution in [0.4, 0.5) is 0 Å². The smallest absolute Gasteiger partial charge is 0.164 e. The lowest BCUT2D eigenvalue weighted by molar-refractivity contribution is 1.07. The maximum atomic E-state index is 5.02. The molecular weight excluding hydrogens is 755 g/mol. The monoisotopic (exact) mass is 789 g/mol. The summed E-state index contributed by atoms with van der Waals surface area (Å²) in [4.78, 5) is 15.0. The molecule has 0 fully saturated rings. The van der Waals surface area contributed by atoms with E-state index in [-0.39, 0.29) is 0 Å². The predicted molar refractivity (Wildman–Crippen MR) is 256 cm³/mol. The zero-order chi connectivity index (χ0) is 40.7. The largest absolute Gasteiger partial charge is 0.309 e. The lowest BCUT2D eigenvalue weighted by Crippen LogP contribution is -2.01. The molecule has 0 bridgehead atoms. The normalized spacial score (nSPS) is 11.9. The van der Waals surface area contributed by atoms with Crippen molar-refractivity contribution in [2.75, 3.05) is 0 Å². The minimum Gasteiger partial charge on any atom is -0.309 e. The standard InChI is InChI=1S/C57H35N5/c1-3-13-38(14-4-1)55-58-56(39-15-5-2-6-16-39)60-57(59-55)42-17-11-18-43(33-42)61-50-23-9-8-20-45(50)48-34-40(29-31-52(48)61)36-25-27-37(28-26-36)41-30-32-53-49(35-41)47-22-12-21-46-44-19-7-10-24-51(44)62(53)54(46)47/h1-35H. The second kappa shape index (κ2) is 13.6. The predicted octanol–water partition coefficient (Wildman–Crippen LogP) is 14.5. The van der Waals surface area contributed by atoms with Gasteiger partial charge < -0.3 is 8.97 Å². The highest BCUT2D eigenvalue weighted by Crippen LogP contribution is 2.41. The van der Waals surface area contributed by atoms with Gasteiger partial charge in [0.05, 0.1) is 27.6 Å². The summed E-state index contributed by atoms with van der Waals surface area (Å²) in [6.07, 6.45) is 0. The Hall–Kier alpha value is -8.41. The highest BCUT2D eigenvalue weighted by Gasteiger charge is 2.19. The molecule has 13 rings (SSSR count). The van der Waals surface area contributed by atoms with Gasteiger partial charge in [-0.15, -0.1) is 0 Å². The first-order valence-electron chi connectivity index (χ1n) is 21.0. The van der Waals surface area contributed by atoms with Crippen LogP contribution in [-0.2, 0) is 0 Å². The van der Waals surface area contributed by atoms with Crippen LogP contribution in [0, 0.1) is 0 Å². The van der Waals surface area contributed by atoms with Crippen LogP contribution in [0.1, 0.15) is 0 Å². The van der Waals surface area contributed by atoms with E-state index in [1.165, 1.54) is 71.1 Å². The van der Waals surface area contributed by atoms with Gasteiger partial charge in [-0.3, -0.25) is 0 Å². The van der Waals surface area contributed by atoms with Gasteiger partial charge in [0.25, 0.3) is 0 Å². The lowest BCUT2D eigenvalue weighted by atomic mass is 9.98. The Balaban J connectivity index is 0.876. The molecule has 9 aromatic carbocycles. The number of hydrogen-bond donors (Lipinski definition) is 0. The van der Waals surface area contributed by atoms with Crippen molar-refractivity contribution in [3.05, 3.63) is 212 Å². The molecule has 4 aromatic heterocycles. The van der Waals surface area contributed by atoms with E-state index in [1.54, 1.807) is 0 Å². The first kappa shape index (κ1) is 34.5. The number of rotatable bonds is 6. The Morgan fingerprint density at radius 3 is 1.32 bits per heavy atom. The molecule has 0 aliphatic rings. The van der Waals surface area contributed by atoms with Gasteiger partial charge in [0.15, 0.2) is 17.5 Å².